The molecule has 1 aromatic carbocycles. The molecule has 10 heteroatoms. The van der Waals surface area contributed by atoms with E-state index in [1.165, 1.54) is 42.3 Å². The van der Waals surface area contributed by atoms with Crippen molar-refractivity contribution in [3.05, 3.63) is 65.2 Å². The van der Waals surface area contributed by atoms with E-state index < -0.39 is 11.9 Å². The van der Waals surface area contributed by atoms with Crippen molar-refractivity contribution in [2.45, 2.75) is 30.9 Å². The van der Waals surface area contributed by atoms with Gasteiger partial charge in [0.25, 0.3) is 0 Å². The molecule has 34 heavy (non-hydrogen) atoms. The van der Waals surface area contributed by atoms with E-state index in [2.05, 4.69) is 39.1 Å². The Kier molecular flexibility index (Phi) is 5.59. The van der Waals surface area contributed by atoms with E-state index in [0.29, 0.717) is 30.5 Å². The summed E-state index contributed by atoms with van der Waals surface area (Å²) in [4.78, 5) is 10.4. The Hall–Kier alpha value is -3.69. The van der Waals surface area contributed by atoms with Gasteiger partial charge in [-0.1, -0.05) is 17.3 Å². The Morgan fingerprint density at radius 3 is 2.88 bits per heavy atom. The molecule has 5 rings (SSSR count). The average Bonchev–Trinajstić information content (AvgIpc) is 3.38. The minimum absolute atomic E-state index is 0.211. The zero-order chi connectivity index (χ0) is 23.9. The number of alkyl halides is 3. The summed E-state index contributed by atoms with van der Waals surface area (Å²) in [6, 6.07) is 9.21. The number of hydrogen-bond donors (Lipinski definition) is 1. The Morgan fingerprint density at radius 1 is 1.32 bits per heavy atom. The molecule has 1 aliphatic carbocycles. The van der Waals surface area contributed by atoms with Crippen molar-refractivity contribution < 1.29 is 17.9 Å². The van der Waals surface area contributed by atoms with Crippen LogP contribution in [0.2, 0.25) is 0 Å². The van der Waals surface area contributed by atoms with Crippen LogP contribution in [0.4, 0.5) is 13.2 Å². The summed E-state index contributed by atoms with van der Waals surface area (Å²) in [5.74, 6) is 1.79. The van der Waals surface area contributed by atoms with Crippen LogP contribution in [-0.4, -0.2) is 52.2 Å². The van der Waals surface area contributed by atoms with Gasteiger partial charge in [0, 0.05) is 43.0 Å². The highest BCUT2D eigenvalue weighted by Gasteiger charge is 2.37. The van der Waals surface area contributed by atoms with E-state index in [1.807, 2.05) is 23.1 Å². The fourth-order valence-electron chi connectivity index (χ4n) is 4.43. The highest BCUT2D eigenvalue weighted by Crippen LogP contribution is 2.48. The van der Waals surface area contributed by atoms with Crippen LogP contribution in [-0.2, 0) is 6.18 Å². The number of fused-ring (bicyclic) bond motifs is 1. The van der Waals surface area contributed by atoms with Gasteiger partial charge in [0.15, 0.2) is 5.69 Å². The van der Waals surface area contributed by atoms with Gasteiger partial charge in [-0.25, -0.2) is 0 Å². The molecule has 2 aromatic heterocycles. The van der Waals surface area contributed by atoms with Crippen molar-refractivity contribution >= 4 is 12.4 Å². The number of aromatic amines is 1. The molecule has 0 bridgehead atoms. The lowest BCUT2D eigenvalue weighted by atomic mass is 9.93. The minimum Gasteiger partial charge on any atom is -0.493 e. The molecule has 0 amide bonds. The van der Waals surface area contributed by atoms with E-state index in [4.69, 9.17) is 4.74 Å². The standard InChI is InChI=1S/C24H23F3N6O/c1-28-19(18-10-15(8-9-29-18)22-23(24(25,26)27)31-32-30-22)12-33(2)11-16-13-34-20-5-3-4-17(21(16)20)14-6-7-14/h3-5,8-10,12,14,16H,1,6-7,11,13H2,2H3,(H,30,31,32)/b19-12-/t16-/m0/s1. The zero-order valence-electron chi connectivity index (χ0n) is 18.5. The van der Waals surface area contributed by atoms with Crippen LogP contribution in [0.1, 0.15) is 47.2 Å². The minimum atomic E-state index is -4.60. The molecule has 1 saturated carbocycles. The van der Waals surface area contributed by atoms with Gasteiger partial charge in [0.05, 0.1) is 12.3 Å². The number of aliphatic imine (C=N–C) groups is 1. The summed E-state index contributed by atoms with van der Waals surface area (Å²) in [6.07, 6.45) is 1.04. The summed E-state index contributed by atoms with van der Waals surface area (Å²) in [6.45, 7) is 4.93. The van der Waals surface area contributed by atoms with Crippen LogP contribution in [0.3, 0.4) is 0 Å². The molecule has 1 aliphatic heterocycles. The van der Waals surface area contributed by atoms with Crippen molar-refractivity contribution in [2.24, 2.45) is 4.99 Å². The first kappa shape index (κ1) is 22.1. The topological polar surface area (TPSA) is 79.3 Å². The van der Waals surface area contributed by atoms with Crippen molar-refractivity contribution in [1.29, 1.82) is 0 Å². The van der Waals surface area contributed by atoms with Crippen molar-refractivity contribution in [3.63, 3.8) is 0 Å². The Balaban J connectivity index is 1.38. The predicted molar refractivity (Wildman–Crippen MR) is 121 cm³/mol. The first-order valence-corrected chi connectivity index (χ1v) is 10.9. The Morgan fingerprint density at radius 2 is 2.15 bits per heavy atom. The second-order valence-electron chi connectivity index (χ2n) is 8.62. The van der Waals surface area contributed by atoms with E-state index in [-0.39, 0.29) is 17.2 Å². The smallest absolute Gasteiger partial charge is 0.435 e. The highest BCUT2D eigenvalue weighted by atomic mass is 19.4. The number of pyridine rings is 1. The molecular weight excluding hydrogens is 445 g/mol. The second-order valence-corrected chi connectivity index (χ2v) is 8.62. The van der Waals surface area contributed by atoms with Crippen molar-refractivity contribution in [2.75, 3.05) is 20.2 Å². The maximum Gasteiger partial charge on any atom is 0.435 e. The zero-order valence-corrected chi connectivity index (χ0v) is 18.5. The van der Waals surface area contributed by atoms with Gasteiger partial charge in [-0.3, -0.25) is 15.1 Å². The third-order valence-corrected chi connectivity index (χ3v) is 6.11. The quantitative estimate of drug-likeness (QED) is 0.501. The third-order valence-electron chi connectivity index (χ3n) is 6.11. The highest BCUT2D eigenvalue weighted by molar-refractivity contribution is 5.70. The molecule has 1 N–H and O–H groups in total. The number of benzene rings is 1. The number of nitrogens with one attached hydrogen (secondary N) is 1. The first-order valence-electron chi connectivity index (χ1n) is 10.9. The fraction of sp³-hybridized carbons (Fsp3) is 0.333. The molecule has 7 nitrogen and oxygen atoms in total. The van der Waals surface area contributed by atoms with Crippen LogP contribution in [0.25, 0.3) is 17.0 Å². The lowest BCUT2D eigenvalue weighted by molar-refractivity contribution is -0.140. The molecule has 0 saturated heterocycles. The predicted octanol–water partition coefficient (Wildman–Crippen LogP) is 4.87. The third kappa shape index (κ3) is 4.27. The van der Waals surface area contributed by atoms with Gasteiger partial charge < -0.3 is 9.64 Å². The first-order chi connectivity index (χ1) is 16.3. The molecule has 2 aliphatic rings. The van der Waals surface area contributed by atoms with Crippen molar-refractivity contribution in [3.8, 4) is 17.0 Å². The SMILES string of the molecule is C=N/C(=C\N(C)C[C@H]1COc2cccc(C3CC3)c21)c1cc(-c2nn[nH]c2C(F)(F)F)ccn1. The van der Waals surface area contributed by atoms with E-state index in [0.717, 1.165) is 5.75 Å². The average molecular weight is 468 g/mol. The monoisotopic (exact) mass is 468 g/mol. The second kappa shape index (κ2) is 8.58. The van der Waals surface area contributed by atoms with E-state index >= 15 is 0 Å². The van der Waals surface area contributed by atoms with E-state index in [1.54, 1.807) is 6.20 Å². The number of nitrogens with zero attached hydrogens (tertiary/aromatic N) is 5. The molecule has 1 fully saturated rings. The Bertz CT molecular complexity index is 1250. The normalized spacial score (nSPS) is 17.9. The van der Waals surface area contributed by atoms with Gasteiger partial charge >= 0.3 is 6.18 Å². The maximum absolute atomic E-state index is 13.3. The van der Waals surface area contributed by atoms with E-state index in [9.17, 15) is 13.2 Å². The van der Waals surface area contributed by atoms with Crippen LogP contribution >= 0.6 is 0 Å². The van der Waals surface area contributed by atoms with Gasteiger partial charge in [-0.15, -0.1) is 5.10 Å². The summed E-state index contributed by atoms with van der Waals surface area (Å²) in [5.41, 5.74) is 2.42. The van der Waals surface area contributed by atoms with Crippen LogP contribution in [0, 0.1) is 0 Å². The summed E-state index contributed by atoms with van der Waals surface area (Å²) < 4.78 is 45.7. The largest absolute Gasteiger partial charge is 0.493 e. The molecule has 3 aromatic rings. The number of aromatic nitrogens is 4. The lowest BCUT2D eigenvalue weighted by Gasteiger charge is -2.21. The van der Waals surface area contributed by atoms with Crippen LogP contribution < -0.4 is 4.74 Å². The summed E-state index contributed by atoms with van der Waals surface area (Å²) in [5, 5.41) is 8.86. The fourth-order valence-corrected chi connectivity index (χ4v) is 4.43. The van der Waals surface area contributed by atoms with Crippen LogP contribution in [0.15, 0.2) is 47.7 Å². The van der Waals surface area contributed by atoms with Crippen molar-refractivity contribution in [1.82, 2.24) is 25.3 Å². The Labute approximate surface area is 194 Å². The van der Waals surface area contributed by atoms with Gasteiger partial charge in [0.2, 0.25) is 0 Å². The summed E-state index contributed by atoms with van der Waals surface area (Å²) in [7, 11) is 1.92. The number of hydrogen-bond acceptors (Lipinski definition) is 6. The summed E-state index contributed by atoms with van der Waals surface area (Å²) >= 11 is 0. The molecule has 0 unspecified atom stereocenters. The van der Waals surface area contributed by atoms with Gasteiger partial charge in [-0.05, 0) is 49.2 Å². The molecule has 0 spiro atoms. The number of halogens is 3. The molecule has 0 radical (unpaired) electrons. The molecule has 1 atom stereocenters. The molecule has 176 valence electrons. The molecular formula is C24H23F3N6O. The lowest BCUT2D eigenvalue weighted by Crippen LogP contribution is -2.21. The van der Waals surface area contributed by atoms with Crippen LogP contribution in [0.5, 0.6) is 5.75 Å². The van der Waals surface area contributed by atoms with Gasteiger partial charge in [0.1, 0.15) is 17.1 Å². The molecule has 3 heterocycles. The number of likely N-dealkylation sites (N-methyl/N-ethyl adjacent to an activating group) is 1. The number of H-pyrrole nitrogens is 1. The van der Waals surface area contributed by atoms with Gasteiger partial charge in [-0.2, -0.15) is 13.2 Å². The maximum atomic E-state index is 13.3. The number of rotatable bonds is 7. The number of ether oxygens (including phenoxy) is 1.